The van der Waals surface area contributed by atoms with E-state index in [0.717, 1.165) is 34.5 Å². The van der Waals surface area contributed by atoms with E-state index in [1.54, 1.807) is 0 Å². The van der Waals surface area contributed by atoms with Gasteiger partial charge in [0.05, 0.1) is 5.69 Å². The highest BCUT2D eigenvalue weighted by atomic mass is 35.5. The number of thioether (sulfide) groups is 1. The zero-order chi connectivity index (χ0) is 17.4. The first kappa shape index (κ1) is 16.5. The van der Waals surface area contributed by atoms with E-state index in [-0.39, 0.29) is 0 Å². The normalized spacial score (nSPS) is 16.8. The number of hydrogen-bond donors (Lipinski definition) is 1. The quantitative estimate of drug-likeness (QED) is 0.700. The predicted molar refractivity (Wildman–Crippen MR) is 105 cm³/mol. The molecule has 4 nitrogen and oxygen atoms in total. The van der Waals surface area contributed by atoms with E-state index in [2.05, 4.69) is 23.3 Å². The van der Waals surface area contributed by atoms with E-state index < -0.39 is 0 Å². The van der Waals surface area contributed by atoms with Crippen molar-refractivity contribution in [2.24, 2.45) is 7.05 Å². The molecule has 6 heteroatoms. The number of nitrogens with zero attached hydrogens (tertiary/aromatic N) is 3. The Bertz CT molecular complexity index is 907. The maximum Gasteiger partial charge on any atom is 0.128 e. The second-order valence-corrected chi connectivity index (χ2v) is 7.82. The van der Waals surface area contributed by atoms with Gasteiger partial charge in [-0.25, -0.2) is 0 Å². The highest BCUT2D eigenvalue weighted by Crippen LogP contribution is 2.41. The monoisotopic (exact) mass is 370 g/mol. The van der Waals surface area contributed by atoms with Crippen LogP contribution < -0.4 is 5.32 Å². The average molecular weight is 371 g/mol. The lowest BCUT2D eigenvalue weighted by Crippen LogP contribution is -2.12. The van der Waals surface area contributed by atoms with Crippen molar-refractivity contribution in [2.75, 3.05) is 11.9 Å². The van der Waals surface area contributed by atoms with Crippen LogP contribution in [0.2, 0.25) is 5.02 Å². The summed E-state index contributed by atoms with van der Waals surface area (Å²) in [4.78, 5) is 4.47. The van der Waals surface area contributed by atoms with Crippen LogP contribution in [0, 0.1) is 6.92 Å². The molecule has 0 amide bonds. The molecule has 1 aliphatic heterocycles. The fourth-order valence-corrected chi connectivity index (χ4v) is 4.78. The van der Waals surface area contributed by atoms with E-state index in [0.29, 0.717) is 5.25 Å². The van der Waals surface area contributed by atoms with Crippen molar-refractivity contribution in [3.05, 3.63) is 64.3 Å². The summed E-state index contributed by atoms with van der Waals surface area (Å²) >= 11 is 8.05. The van der Waals surface area contributed by atoms with Crippen molar-refractivity contribution >= 4 is 29.2 Å². The van der Waals surface area contributed by atoms with Crippen molar-refractivity contribution in [2.45, 2.75) is 17.9 Å². The third kappa shape index (κ3) is 3.14. The Morgan fingerprint density at radius 2 is 2.16 bits per heavy atom. The summed E-state index contributed by atoms with van der Waals surface area (Å²) in [5, 5.41) is 9.45. The molecule has 2 aromatic heterocycles. The molecule has 0 fully saturated rings. The number of rotatable bonds is 2. The molecule has 0 aliphatic carbocycles. The molecule has 0 bridgehead atoms. The van der Waals surface area contributed by atoms with Gasteiger partial charge in [-0.3, -0.25) is 9.67 Å². The van der Waals surface area contributed by atoms with Crippen LogP contribution in [-0.2, 0) is 12.8 Å². The first-order chi connectivity index (χ1) is 12.1. The molecule has 3 heterocycles. The highest BCUT2D eigenvalue weighted by Gasteiger charge is 2.25. The smallest absolute Gasteiger partial charge is 0.128 e. The van der Waals surface area contributed by atoms with E-state index in [4.69, 9.17) is 16.7 Å². The zero-order valence-corrected chi connectivity index (χ0v) is 15.7. The van der Waals surface area contributed by atoms with Crippen LogP contribution in [0.15, 0.2) is 42.6 Å². The molecule has 128 valence electrons. The number of pyridine rings is 1. The summed E-state index contributed by atoms with van der Waals surface area (Å²) in [6.45, 7) is 2.99. The van der Waals surface area contributed by atoms with Crippen LogP contribution in [0.4, 0.5) is 5.82 Å². The van der Waals surface area contributed by atoms with Crippen molar-refractivity contribution in [3.8, 4) is 11.4 Å². The number of anilines is 1. The Morgan fingerprint density at radius 1 is 1.28 bits per heavy atom. The molecule has 25 heavy (non-hydrogen) atoms. The third-order valence-electron chi connectivity index (χ3n) is 4.52. The Balaban J connectivity index is 1.66. The molecule has 1 aromatic carbocycles. The number of hydrogen-bond acceptors (Lipinski definition) is 4. The summed E-state index contributed by atoms with van der Waals surface area (Å²) in [6.07, 6.45) is 1.81. The van der Waals surface area contributed by atoms with Crippen molar-refractivity contribution in [1.29, 1.82) is 0 Å². The van der Waals surface area contributed by atoms with Gasteiger partial charge in [0.25, 0.3) is 0 Å². The number of fused-ring (bicyclic) bond motifs is 1. The highest BCUT2D eigenvalue weighted by molar-refractivity contribution is 7.98. The summed E-state index contributed by atoms with van der Waals surface area (Å²) in [6, 6.07) is 12.1. The van der Waals surface area contributed by atoms with Crippen molar-refractivity contribution in [1.82, 2.24) is 14.8 Å². The first-order valence-corrected chi connectivity index (χ1v) is 9.65. The van der Waals surface area contributed by atoms with Gasteiger partial charge in [-0.2, -0.15) is 5.10 Å². The Kier molecular flexibility index (Phi) is 4.44. The summed E-state index contributed by atoms with van der Waals surface area (Å²) < 4.78 is 1.93. The van der Waals surface area contributed by atoms with Gasteiger partial charge in [0, 0.05) is 41.4 Å². The maximum atomic E-state index is 6.11. The Labute approximate surface area is 156 Å². The van der Waals surface area contributed by atoms with Crippen molar-refractivity contribution in [3.63, 3.8) is 0 Å². The van der Waals surface area contributed by atoms with Crippen LogP contribution in [-0.4, -0.2) is 21.3 Å². The van der Waals surface area contributed by atoms with E-state index >= 15 is 0 Å². The molecule has 1 atom stereocenters. The molecule has 1 N–H and O–H groups in total. The number of nitrogens with one attached hydrogen (secondary N) is 1. The predicted octanol–water partition coefficient (Wildman–Crippen LogP) is 4.84. The van der Waals surface area contributed by atoms with Gasteiger partial charge in [-0.05, 0) is 42.3 Å². The molecule has 1 aliphatic rings. The van der Waals surface area contributed by atoms with Crippen molar-refractivity contribution < 1.29 is 0 Å². The van der Waals surface area contributed by atoms with E-state index in [1.807, 2.05) is 60.0 Å². The minimum Gasteiger partial charge on any atom is -0.369 e. The van der Waals surface area contributed by atoms with Crippen LogP contribution in [0.3, 0.4) is 0 Å². The second-order valence-electron chi connectivity index (χ2n) is 6.20. The topological polar surface area (TPSA) is 42.7 Å². The standard InChI is InChI=1S/C19H19ClN4S/c1-12-9-13(20)6-7-14(12)17-10-22-19-15(11-25-17)18(23-24(19)2)16-5-3-4-8-21-16/h3-9,17,22H,10-11H2,1-2H3. The minimum absolute atomic E-state index is 0.376. The maximum absolute atomic E-state index is 6.11. The summed E-state index contributed by atoms with van der Waals surface area (Å²) in [7, 11) is 1.98. The van der Waals surface area contributed by atoms with Crippen LogP contribution >= 0.6 is 23.4 Å². The van der Waals surface area contributed by atoms with Gasteiger partial charge in [0.2, 0.25) is 0 Å². The molecule has 1 unspecified atom stereocenters. The van der Waals surface area contributed by atoms with E-state index in [9.17, 15) is 0 Å². The molecule has 0 spiro atoms. The minimum atomic E-state index is 0.376. The largest absolute Gasteiger partial charge is 0.369 e. The molecule has 0 saturated heterocycles. The fourth-order valence-electron chi connectivity index (χ4n) is 3.27. The lowest BCUT2D eigenvalue weighted by molar-refractivity contribution is 0.769. The number of halogens is 1. The molecule has 0 saturated carbocycles. The van der Waals surface area contributed by atoms with Gasteiger partial charge in [0.15, 0.2) is 0 Å². The number of aryl methyl sites for hydroxylation is 2. The summed E-state index contributed by atoms with van der Waals surface area (Å²) in [5.74, 6) is 1.98. The van der Waals surface area contributed by atoms with Gasteiger partial charge < -0.3 is 5.32 Å². The Hall–Kier alpha value is -1.98. The SMILES string of the molecule is Cc1cc(Cl)ccc1C1CNc2c(c(-c3ccccn3)nn2C)CS1. The molecular weight excluding hydrogens is 352 g/mol. The molecular formula is C19H19ClN4S. The van der Waals surface area contributed by atoms with Gasteiger partial charge in [-0.15, -0.1) is 11.8 Å². The van der Waals surface area contributed by atoms with Gasteiger partial charge in [-0.1, -0.05) is 23.7 Å². The number of aromatic nitrogens is 3. The fraction of sp³-hybridized carbons (Fsp3) is 0.263. The van der Waals surface area contributed by atoms with Crippen LogP contribution in [0.25, 0.3) is 11.4 Å². The van der Waals surface area contributed by atoms with Crippen LogP contribution in [0.1, 0.15) is 21.9 Å². The molecule has 4 rings (SSSR count). The van der Waals surface area contributed by atoms with Crippen LogP contribution in [0.5, 0.6) is 0 Å². The first-order valence-electron chi connectivity index (χ1n) is 8.22. The second kappa shape index (κ2) is 6.73. The zero-order valence-electron chi connectivity index (χ0n) is 14.2. The lowest BCUT2D eigenvalue weighted by atomic mass is 10.1. The van der Waals surface area contributed by atoms with E-state index in [1.165, 1.54) is 16.7 Å². The summed E-state index contributed by atoms with van der Waals surface area (Å²) in [5.41, 5.74) is 5.68. The van der Waals surface area contributed by atoms with Gasteiger partial charge >= 0.3 is 0 Å². The lowest BCUT2D eigenvalue weighted by Gasteiger charge is -2.17. The van der Waals surface area contributed by atoms with Gasteiger partial charge in [0.1, 0.15) is 11.5 Å². The average Bonchev–Trinajstić information content (AvgIpc) is 2.78. The molecule has 3 aromatic rings. The number of benzene rings is 1. The third-order valence-corrected chi connectivity index (χ3v) is 6.03. The molecule has 0 radical (unpaired) electrons. The Morgan fingerprint density at radius 3 is 2.92 bits per heavy atom.